The number of halogens is 1. The van der Waals surface area contributed by atoms with Crippen LogP contribution in [-0.4, -0.2) is 32.1 Å². The van der Waals surface area contributed by atoms with E-state index in [2.05, 4.69) is 10.3 Å². The number of nitrogens with two attached hydrogens (primary N) is 1. The standard InChI is InChI=1S/C18H18FN5O3S/c1-10-3-2-7-21-13-9-11(4-5-12(13)16(20)25)23-15-14(27-10)6-8-22-17(15)24(28-19)18(23)26/h4-6,8-10,21H,2-3,7H2,1H3,(H2,20,25). The first-order valence-electron chi connectivity index (χ1n) is 8.77. The van der Waals surface area contributed by atoms with Crippen LogP contribution in [0.15, 0.2) is 35.3 Å². The lowest BCUT2D eigenvalue weighted by molar-refractivity contribution is 0.100. The largest absolute Gasteiger partial charge is 0.488 e. The molecule has 8 nitrogen and oxygen atoms in total. The summed E-state index contributed by atoms with van der Waals surface area (Å²) < 4.78 is 21.8. The summed E-state index contributed by atoms with van der Waals surface area (Å²) in [5.74, 6) is -0.134. The molecule has 0 saturated heterocycles. The van der Waals surface area contributed by atoms with Crippen LogP contribution >= 0.6 is 12.3 Å². The van der Waals surface area contributed by atoms with E-state index in [1.54, 1.807) is 24.3 Å². The molecule has 3 aromatic rings. The number of hydrogen-bond donors (Lipinski definition) is 2. The van der Waals surface area contributed by atoms with Crippen LogP contribution in [-0.2, 0) is 0 Å². The number of carbonyl (C=O) groups excluding carboxylic acids is 1. The summed E-state index contributed by atoms with van der Waals surface area (Å²) in [4.78, 5) is 28.9. The highest BCUT2D eigenvalue weighted by Crippen LogP contribution is 2.31. The topological polar surface area (TPSA) is 104 Å². The molecular formula is C18H18FN5O3S. The van der Waals surface area contributed by atoms with E-state index in [1.165, 1.54) is 10.8 Å². The number of carbonyl (C=O) groups is 1. The van der Waals surface area contributed by atoms with E-state index < -0.39 is 11.6 Å². The number of hydrogen-bond acceptors (Lipinski definition) is 6. The first-order chi connectivity index (χ1) is 13.5. The van der Waals surface area contributed by atoms with Crippen molar-refractivity contribution in [3.63, 3.8) is 0 Å². The first kappa shape index (κ1) is 18.4. The Bertz CT molecular complexity index is 1130. The van der Waals surface area contributed by atoms with Crippen molar-refractivity contribution in [1.29, 1.82) is 0 Å². The predicted molar refractivity (Wildman–Crippen MR) is 106 cm³/mol. The number of pyridine rings is 1. The molecule has 0 aliphatic carbocycles. The third-order valence-corrected chi connectivity index (χ3v) is 5.14. The summed E-state index contributed by atoms with van der Waals surface area (Å²) in [5.41, 5.74) is 6.67. The number of nitrogens with zero attached hydrogens (tertiary/aromatic N) is 3. The first-order valence-corrected chi connectivity index (χ1v) is 9.45. The van der Waals surface area contributed by atoms with Crippen molar-refractivity contribution in [3.05, 3.63) is 46.5 Å². The minimum atomic E-state index is -0.617. The van der Waals surface area contributed by atoms with Crippen LogP contribution in [0.25, 0.3) is 16.9 Å². The van der Waals surface area contributed by atoms with Gasteiger partial charge in [-0.3, -0.25) is 9.36 Å². The van der Waals surface area contributed by atoms with Crippen LogP contribution in [0, 0.1) is 0 Å². The molecule has 1 atom stereocenters. The van der Waals surface area contributed by atoms with E-state index >= 15 is 0 Å². The molecule has 1 aliphatic rings. The lowest BCUT2D eigenvalue weighted by Crippen LogP contribution is -2.22. The summed E-state index contributed by atoms with van der Waals surface area (Å²) in [7, 11) is 0. The lowest BCUT2D eigenvalue weighted by atomic mass is 10.1. The number of imidazole rings is 1. The molecule has 146 valence electrons. The Balaban J connectivity index is 2.06. The average Bonchev–Trinajstić information content (AvgIpc) is 2.96. The van der Waals surface area contributed by atoms with E-state index in [0.717, 1.165) is 16.8 Å². The van der Waals surface area contributed by atoms with Gasteiger partial charge in [-0.1, -0.05) is 0 Å². The van der Waals surface area contributed by atoms with Gasteiger partial charge in [-0.05, 0) is 38.0 Å². The Labute approximate surface area is 163 Å². The normalized spacial score (nSPS) is 16.6. The lowest BCUT2D eigenvalue weighted by Gasteiger charge is -2.19. The number of ether oxygens (including phenoxy) is 1. The smallest absolute Gasteiger partial charge is 0.347 e. The minimum absolute atomic E-state index is 0.134. The summed E-state index contributed by atoms with van der Waals surface area (Å²) in [6.45, 7) is 2.53. The van der Waals surface area contributed by atoms with Crippen LogP contribution in [0.2, 0.25) is 0 Å². The number of fused-ring (bicyclic) bond motifs is 3. The molecule has 0 saturated carbocycles. The van der Waals surface area contributed by atoms with Crippen molar-refractivity contribution in [1.82, 2.24) is 13.5 Å². The second kappa shape index (κ2) is 7.19. The molecule has 1 aromatic carbocycles. The molecule has 1 aliphatic heterocycles. The zero-order valence-electron chi connectivity index (χ0n) is 15.0. The van der Waals surface area contributed by atoms with Crippen molar-refractivity contribution in [2.75, 3.05) is 11.9 Å². The fraction of sp³-hybridized carbons (Fsp3) is 0.278. The zero-order chi connectivity index (χ0) is 19.8. The second-order valence-electron chi connectivity index (χ2n) is 6.55. The van der Waals surface area contributed by atoms with Gasteiger partial charge in [-0.2, -0.15) is 3.97 Å². The number of nitrogens with one attached hydrogen (secondary N) is 1. The Hall–Kier alpha value is -3.01. The van der Waals surface area contributed by atoms with Gasteiger partial charge < -0.3 is 15.8 Å². The Morgan fingerprint density at radius 3 is 3.00 bits per heavy atom. The van der Waals surface area contributed by atoms with Gasteiger partial charge in [-0.25, -0.2) is 9.78 Å². The second-order valence-corrected chi connectivity index (χ2v) is 7.06. The van der Waals surface area contributed by atoms with Crippen LogP contribution in [0.5, 0.6) is 5.75 Å². The van der Waals surface area contributed by atoms with Crippen LogP contribution in [0.3, 0.4) is 0 Å². The van der Waals surface area contributed by atoms with E-state index in [1.807, 2.05) is 6.92 Å². The third-order valence-electron chi connectivity index (χ3n) is 4.68. The molecule has 0 radical (unpaired) electrons. The Morgan fingerprint density at radius 1 is 1.43 bits per heavy atom. The van der Waals surface area contributed by atoms with Crippen molar-refractivity contribution >= 4 is 35.1 Å². The van der Waals surface area contributed by atoms with Gasteiger partial charge in [0.2, 0.25) is 0 Å². The number of anilines is 1. The van der Waals surface area contributed by atoms with Gasteiger partial charge in [0, 0.05) is 24.5 Å². The molecule has 0 fully saturated rings. The zero-order valence-corrected chi connectivity index (χ0v) is 15.8. The van der Waals surface area contributed by atoms with Crippen molar-refractivity contribution in [3.8, 4) is 11.4 Å². The maximum absolute atomic E-state index is 13.5. The maximum atomic E-state index is 13.5. The minimum Gasteiger partial charge on any atom is -0.488 e. The highest BCUT2D eigenvalue weighted by molar-refractivity contribution is 7.92. The van der Waals surface area contributed by atoms with Crippen LogP contribution < -0.4 is 21.5 Å². The Kier molecular flexibility index (Phi) is 4.71. The molecule has 2 aromatic heterocycles. The Morgan fingerprint density at radius 2 is 2.25 bits per heavy atom. The van der Waals surface area contributed by atoms with Crippen molar-refractivity contribution in [2.45, 2.75) is 25.9 Å². The molecule has 4 rings (SSSR count). The van der Waals surface area contributed by atoms with Crippen LogP contribution in [0.4, 0.5) is 9.57 Å². The number of amides is 1. The summed E-state index contributed by atoms with van der Waals surface area (Å²) >= 11 is -0.220. The highest BCUT2D eigenvalue weighted by atomic mass is 32.2. The fourth-order valence-electron chi connectivity index (χ4n) is 3.38. The molecule has 0 spiro atoms. The monoisotopic (exact) mass is 403 g/mol. The number of benzene rings is 1. The summed E-state index contributed by atoms with van der Waals surface area (Å²) in [6.07, 6.45) is 2.89. The van der Waals surface area contributed by atoms with Gasteiger partial charge >= 0.3 is 5.69 Å². The fourth-order valence-corrected chi connectivity index (χ4v) is 3.72. The molecule has 10 heteroatoms. The van der Waals surface area contributed by atoms with Crippen molar-refractivity contribution in [2.24, 2.45) is 5.73 Å². The maximum Gasteiger partial charge on any atom is 0.347 e. The summed E-state index contributed by atoms with van der Waals surface area (Å²) in [6, 6.07) is 6.44. The van der Waals surface area contributed by atoms with E-state index in [9.17, 15) is 13.5 Å². The summed E-state index contributed by atoms with van der Waals surface area (Å²) in [5, 5.41) is 3.20. The van der Waals surface area contributed by atoms with E-state index in [0.29, 0.717) is 34.7 Å². The molecule has 3 heterocycles. The van der Waals surface area contributed by atoms with Gasteiger partial charge in [0.1, 0.15) is 11.3 Å². The quantitative estimate of drug-likeness (QED) is 0.682. The van der Waals surface area contributed by atoms with Gasteiger partial charge in [0.25, 0.3) is 5.91 Å². The van der Waals surface area contributed by atoms with Gasteiger partial charge in [0.05, 0.1) is 17.4 Å². The number of aromatic nitrogens is 3. The molecule has 28 heavy (non-hydrogen) atoms. The average molecular weight is 403 g/mol. The molecule has 1 amide bonds. The highest BCUT2D eigenvalue weighted by Gasteiger charge is 2.23. The van der Waals surface area contributed by atoms with Gasteiger partial charge in [-0.15, -0.1) is 3.89 Å². The third kappa shape index (κ3) is 2.99. The van der Waals surface area contributed by atoms with Crippen molar-refractivity contribution < 1.29 is 13.4 Å². The van der Waals surface area contributed by atoms with E-state index in [-0.39, 0.29) is 24.1 Å². The molecular weight excluding hydrogens is 385 g/mol. The molecule has 1 unspecified atom stereocenters. The SMILES string of the molecule is CC1CCCNc2cc(ccc2C(N)=O)-n2c(=O)n(SF)c3nccc(c32)O1. The number of rotatable bonds is 2. The molecule has 2 bridgehead atoms. The molecule has 3 N–H and O–H groups in total. The predicted octanol–water partition coefficient (Wildman–Crippen LogP) is 2.64. The number of primary amides is 1. The van der Waals surface area contributed by atoms with Crippen LogP contribution in [0.1, 0.15) is 30.1 Å². The van der Waals surface area contributed by atoms with E-state index in [4.69, 9.17) is 10.5 Å². The van der Waals surface area contributed by atoms with Gasteiger partial charge in [0.15, 0.2) is 18.0 Å².